The van der Waals surface area contributed by atoms with E-state index in [1.54, 1.807) is 0 Å². The predicted molar refractivity (Wildman–Crippen MR) is 87.1 cm³/mol. The van der Waals surface area contributed by atoms with Gasteiger partial charge in [0.2, 0.25) is 0 Å². The van der Waals surface area contributed by atoms with Crippen LogP contribution in [0.25, 0.3) is 0 Å². The fourth-order valence-corrected chi connectivity index (χ4v) is 2.63. The Hall–Kier alpha value is -1.03. The first-order valence-electron chi connectivity index (χ1n) is 6.29. The highest BCUT2D eigenvalue weighted by molar-refractivity contribution is 14.1. The molecule has 0 amide bonds. The van der Waals surface area contributed by atoms with Crippen LogP contribution in [0.2, 0.25) is 0 Å². The molecule has 0 heterocycles. The van der Waals surface area contributed by atoms with Crippen molar-refractivity contribution in [2.45, 2.75) is 19.8 Å². The van der Waals surface area contributed by atoms with E-state index in [0.29, 0.717) is 0 Å². The summed E-state index contributed by atoms with van der Waals surface area (Å²) in [7, 11) is 0. The van der Waals surface area contributed by atoms with Crippen molar-refractivity contribution in [1.29, 1.82) is 0 Å². The third-order valence-electron chi connectivity index (χ3n) is 2.99. The van der Waals surface area contributed by atoms with E-state index in [4.69, 9.17) is 0 Å². The molecule has 0 aliphatic rings. The maximum atomic E-state index is 3.51. The van der Waals surface area contributed by atoms with Gasteiger partial charge in [0.05, 0.1) is 0 Å². The van der Waals surface area contributed by atoms with Gasteiger partial charge in [0, 0.05) is 15.8 Å². The molecule has 1 N–H and O–H groups in total. The molecule has 0 saturated carbocycles. The van der Waals surface area contributed by atoms with Gasteiger partial charge in [-0.3, -0.25) is 0 Å². The van der Waals surface area contributed by atoms with Gasteiger partial charge in [-0.1, -0.05) is 30.3 Å². The van der Waals surface area contributed by atoms with E-state index in [1.165, 1.54) is 20.4 Å². The number of hydrogen-bond acceptors (Lipinski definition) is 1. The predicted octanol–water partition coefficient (Wildman–Crippen LogP) is 4.64. The molecular formula is C16H18IN. The van der Waals surface area contributed by atoms with E-state index < -0.39 is 0 Å². The molecule has 0 radical (unpaired) electrons. The summed E-state index contributed by atoms with van der Waals surface area (Å²) in [6.45, 7) is 3.18. The summed E-state index contributed by atoms with van der Waals surface area (Å²) in [4.78, 5) is 0. The molecule has 1 nitrogen and oxygen atoms in total. The van der Waals surface area contributed by atoms with Crippen molar-refractivity contribution in [1.82, 2.24) is 0 Å². The maximum absolute atomic E-state index is 3.51. The normalized spacial score (nSPS) is 10.3. The van der Waals surface area contributed by atoms with Crippen LogP contribution in [-0.2, 0) is 6.42 Å². The lowest BCUT2D eigenvalue weighted by Gasteiger charge is -2.09. The van der Waals surface area contributed by atoms with Crippen molar-refractivity contribution >= 4 is 28.3 Å². The lowest BCUT2D eigenvalue weighted by Crippen LogP contribution is -2.04. The van der Waals surface area contributed by atoms with Gasteiger partial charge in [-0.2, -0.15) is 0 Å². The summed E-state index contributed by atoms with van der Waals surface area (Å²) in [6.07, 6.45) is 2.30. The minimum Gasteiger partial charge on any atom is -0.385 e. The first kappa shape index (κ1) is 13.4. The molecule has 18 heavy (non-hydrogen) atoms. The Morgan fingerprint density at radius 2 is 1.83 bits per heavy atom. The number of benzene rings is 2. The molecule has 0 aliphatic heterocycles. The molecule has 0 aliphatic carbocycles. The zero-order chi connectivity index (χ0) is 12.8. The molecule has 0 aromatic heterocycles. The van der Waals surface area contributed by atoms with Crippen molar-refractivity contribution < 1.29 is 0 Å². The Kier molecular flexibility index (Phi) is 5.05. The molecule has 0 bridgehead atoms. The summed E-state index contributed by atoms with van der Waals surface area (Å²) in [5.41, 5.74) is 3.99. The smallest absolute Gasteiger partial charge is 0.0370 e. The highest BCUT2D eigenvalue weighted by Gasteiger charge is 1.98. The molecule has 2 heteroatoms. The standard InChI is InChI=1S/C16H18IN/c1-13-12-15(17)9-10-16(13)18-11-5-8-14-6-3-2-4-7-14/h2-4,6-7,9-10,12,18H,5,8,11H2,1H3. The first-order valence-corrected chi connectivity index (χ1v) is 7.37. The van der Waals surface area contributed by atoms with E-state index in [9.17, 15) is 0 Å². The Bertz CT molecular complexity index is 494. The number of anilines is 1. The van der Waals surface area contributed by atoms with Crippen LogP contribution in [0.5, 0.6) is 0 Å². The topological polar surface area (TPSA) is 12.0 Å². The van der Waals surface area contributed by atoms with Crippen LogP contribution in [0.3, 0.4) is 0 Å². The largest absolute Gasteiger partial charge is 0.385 e. The van der Waals surface area contributed by atoms with E-state index in [1.807, 2.05) is 0 Å². The van der Waals surface area contributed by atoms with Crippen molar-refractivity contribution in [3.63, 3.8) is 0 Å². The van der Waals surface area contributed by atoms with Gasteiger partial charge in [0.25, 0.3) is 0 Å². The van der Waals surface area contributed by atoms with Crippen molar-refractivity contribution in [2.24, 2.45) is 0 Å². The van der Waals surface area contributed by atoms with Crippen LogP contribution >= 0.6 is 22.6 Å². The van der Waals surface area contributed by atoms with Crippen molar-refractivity contribution in [2.75, 3.05) is 11.9 Å². The molecule has 0 unspecified atom stereocenters. The monoisotopic (exact) mass is 351 g/mol. The van der Waals surface area contributed by atoms with Gasteiger partial charge >= 0.3 is 0 Å². The molecule has 2 rings (SSSR count). The van der Waals surface area contributed by atoms with Gasteiger partial charge < -0.3 is 5.32 Å². The van der Waals surface area contributed by atoms with Gasteiger partial charge in [-0.15, -0.1) is 0 Å². The number of nitrogens with one attached hydrogen (secondary N) is 1. The SMILES string of the molecule is Cc1cc(I)ccc1NCCCc1ccccc1. The Labute approximate surface area is 123 Å². The third kappa shape index (κ3) is 4.02. The van der Waals surface area contributed by atoms with E-state index in [-0.39, 0.29) is 0 Å². The average Bonchev–Trinajstić information content (AvgIpc) is 2.38. The highest BCUT2D eigenvalue weighted by atomic mass is 127. The second-order valence-corrected chi connectivity index (χ2v) is 5.72. The van der Waals surface area contributed by atoms with Gasteiger partial charge in [0.1, 0.15) is 0 Å². The molecule has 0 fully saturated rings. The van der Waals surface area contributed by atoms with E-state index in [2.05, 4.69) is 83.4 Å². The van der Waals surface area contributed by atoms with Crippen LogP contribution in [0.1, 0.15) is 17.5 Å². The second-order valence-electron chi connectivity index (χ2n) is 4.48. The first-order chi connectivity index (χ1) is 8.75. The fourth-order valence-electron chi connectivity index (χ4n) is 1.99. The molecule has 94 valence electrons. The molecular weight excluding hydrogens is 333 g/mol. The van der Waals surface area contributed by atoms with Crippen molar-refractivity contribution in [3.05, 3.63) is 63.2 Å². The minimum absolute atomic E-state index is 1.02. The second kappa shape index (κ2) is 6.78. The van der Waals surface area contributed by atoms with Gasteiger partial charge in [0.15, 0.2) is 0 Å². The van der Waals surface area contributed by atoms with Gasteiger partial charge in [-0.05, 0) is 71.7 Å². The summed E-state index contributed by atoms with van der Waals surface area (Å²) >= 11 is 2.35. The highest BCUT2D eigenvalue weighted by Crippen LogP contribution is 2.17. The number of halogens is 1. The van der Waals surface area contributed by atoms with E-state index in [0.717, 1.165) is 19.4 Å². The van der Waals surface area contributed by atoms with Crippen LogP contribution in [0, 0.1) is 10.5 Å². The van der Waals surface area contributed by atoms with Crippen LogP contribution in [0.15, 0.2) is 48.5 Å². The molecule has 2 aromatic rings. The molecule has 0 spiro atoms. The Morgan fingerprint density at radius 3 is 2.56 bits per heavy atom. The van der Waals surface area contributed by atoms with Gasteiger partial charge in [-0.25, -0.2) is 0 Å². The minimum atomic E-state index is 1.02. The summed E-state index contributed by atoms with van der Waals surface area (Å²) in [5, 5.41) is 3.51. The summed E-state index contributed by atoms with van der Waals surface area (Å²) in [5.74, 6) is 0. The maximum Gasteiger partial charge on any atom is 0.0370 e. The summed E-state index contributed by atoms with van der Waals surface area (Å²) in [6, 6.07) is 17.2. The molecule has 0 atom stereocenters. The summed E-state index contributed by atoms with van der Waals surface area (Å²) < 4.78 is 1.29. The molecule has 2 aromatic carbocycles. The number of hydrogen-bond donors (Lipinski definition) is 1. The fraction of sp³-hybridized carbons (Fsp3) is 0.250. The third-order valence-corrected chi connectivity index (χ3v) is 3.66. The Balaban J connectivity index is 1.79. The lowest BCUT2D eigenvalue weighted by molar-refractivity contribution is 0.862. The quantitative estimate of drug-likeness (QED) is 0.611. The Morgan fingerprint density at radius 1 is 1.06 bits per heavy atom. The van der Waals surface area contributed by atoms with Crippen molar-refractivity contribution in [3.8, 4) is 0 Å². The van der Waals surface area contributed by atoms with E-state index >= 15 is 0 Å². The number of rotatable bonds is 5. The van der Waals surface area contributed by atoms with Crippen LogP contribution < -0.4 is 5.32 Å². The zero-order valence-corrected chi connectivity index (χ0v) is 12.8. The molecule has 0 saturated heterocycles. The zero-order valence-electron chi connectivity index (χ0n) is 10.6. The number of aryl methyl sites for hydroxylation is 2. The lowest BCUT2D eigenvalue weighted by atomic mass is 10.1. The average molecular weight is 351 g/mol. The van der Waals surface area contributed by atoms with Crippen LogP contribution in [0.4, 0.5) is 5.69 Å². The van der Waals surface area contributed by atoms with Crippen LogP contribution in [-0.4, -0.2) is 6.54 Å².